The van der Waals surface area contributed by atoms with Gasteiger partial charge >= 0.3 is 18.4 Å². The van der Waals surface area contributed by atoms with Gasteiger partial charge in [0.05, 0.1) is 24.3 Å². The van der Waals surface area contributed by atoms with E-state index in [-0.39, 0.29) is 45.1 Å². The number of carbonyl (C=O) groups is 2. The third-order valence-electron chi connectivity index (χ3n) is 6.81. The van der Waals surface area contributed by atoms with E-state index in [4.69, 9.17) is 18.9 Å². The van der Waals surface area contributed by atoms with E-state index < -0.39 is 41.4 Å². The van der Waals surface area contributed by atoms with Gasteiger partial charge in [-0.2, -0.15) is 0 Å². The zero-order valence-electron chi connectivity index (χ0n) is 27.4. The number of rotatable bonds is 14. The summed E-state index contributed by atoms with van der Waals surface area (Å²) in [6, 6.07) is 8.22. The normalized spacial score (nSPS) is 11.9. The SMILES string of the molecule is CCOC(=O)c1ccc2c(c1)nc(OCCOCCCCN(Cc1cc(F)c(OC(F)(F)F)c(F)c1)C(=O)OC(C)(C)C)c1ccncc12. The highest BCUT2D eigenvalue weighted by Gasteiger charge is 2.34. The molecule has 0 atom stereocenters. The van der Waals surface area contributed by atoms with Crippen LogP contribution in [-0.2, 0) is 20.8 Å². The molecular formula is C34H36F5N3O7. The number of benzene rings is 2. The second-order valence-electron chi connectivity index (χ2n) is 11.8. The number of hydrogen-bond acceptors (Lipinski definition) is 9. The molecule has 0 N–H and O–H groups in total. The second kappa shape index (κ2) is 16.1. The Morgan fingerprint density at radius 1 is 0.898 bits per heavy atom. The maximum atomic E-state index is 14.3. The molecule has 0 aliphatic heterocycles. The Hall–Kier alpha value is -4.79. The number of pyridine rings is 2. The van der Waals surface area contributed by atoms with Gasteiger partial charge in [0.15, 0.2) is 11.6 Å². The van der Waals surface area contributed by atoms with Crippen molar-refractivity contribution in [2.75, 3.05) is 33.0 Å². The van der Waals surface area contributed by atoms with Crippen molar-refractivity contribution in [3.63, 3.8) is 0 Å². The van der Waals surface area contributed by atoms with Gasteiger partial charge in [0.2, 0.25) is 11.6 Å². The van der Waals surface area contributed by atoms with E-state index in [0.29, 0.717) is 41.9 Å². The lowest BCUT2D eigenvalue weighted by Crippen LogP contribution is -2.37. The van der Waals surface area contributed by atoms with Crippen LogP contribution in [0.25, 0.3) is 21.7 Å². The number of amides is 1. The molecule has 0 saturated heterocycles. The van der Waals surface area contributed by atoms with Gasteiger partial charge < -0.3 is 28.6 Å². The molecule has 49 heavy (non-hydrogen) atoms. The molecule has 0 unspecified atom stereocenters. The lowest BCUT2D eigenvalue weighted by Gasteiger charge is -2.27. The molecule has 0 aliphatic rings. The zero-order chi connectivity index (χ0) is 35.8. The van der Waals surface area contributed by atoms with Crippen molar-refractivity contribution in [1.29, 1.82) is 0 Å². The summed E-state index contributed by atoms with van der Waals surface area (Å²) in [4.78, 5) is 35.1. The number of ether oxygens (including phenoxy) is 5. The summed E-state index contributed by atoms with van der Waals surface area (Å²) in [6.45, 7) is 7.34. The van der Waals surface area contributed by atoms with Crippen molar-refractivity contribution in [1.82, 2.24) is 14.9 Å². The van der Waals surface area contributed by atoms with Crippen LogP contribution in [0.4, 0.5) is 26.7 Å². The lowest BCUT2D eigenvalue weighted by molar-refractivity contribution is -0.276. The quantitative estimate of drug-likeness (QED) is 0.0567. The van der Waals surface area contributed by atoms with Crippen LogP contribution in [-0.4, -0.2) is 71.9 Å². The van der Waals surface area contributed by atoms with Crippen LogP contribution in [0.5, 0.6) is 11.6 Å². The first-order chi connectivity index (χ1) is 23.1. The van der Waals surface area contributed by atoms with Crippen molar-refractivity contribution in [2.45, 2.75) is 59.0 Å². The van der Waals surface area contributed by atoms with Crippen LogP contribution in [0.1, 0.15) is 56.5 Å². The summed E-state index contributed by atoms with van der Waals surface area (Å²) >= 11 is 0. The van der Waals surface area contributed by atoms with Gasteiger partial charge in [-0.15, -0.1) is 13.2 Å². The molecule has 15 heteroatoms. The molecule has 2 aromatic heterocycles. The maximum Gasteiger partial charge on any atom is 0.573 e. The van der Waals surface area contributed by atoms with Gasteiger partial charge in [0.1, 0.15) is 12.2 Å². The molecule has 4 aromatic rings. The van der Waals surface area contributed by atoms with Crippen LogP contribution < -0.4 is 9.47 Å². The van der Waals surface area contributed by atoms with Crippen molar-refractivity contribution in [3.8, 4) is 11.6 Å². The number of fused-ring (bicyclic) bond motifs is 3. The number of esters is 1. The van der Waals surface area contributed by atoms with E-state index in [1.807, 2.05) is 0 Å². The Bertz CT molecular complexity index is 1760. The first-order valence-corrected chi connectivity index (χ1v) is 15.4. The number of unbranched alkanes of at least 4 members (excludes halogenated alkanes) is 1. The molecule has 0 saturated carbocycles. The van der Waals surface area contributed by atoms with Crippen molar-refractivity contribution in [3.05, 3.63) is 71.6 Å². The topological polar surface area (TPSA) is 109 Å². The summed E-state index contributed by atoms with van der Waals surface area (Å²) < 4.78 is 91.7. The number of hydrogen-bond donors (Lipinski definition) is 0. The first-order valence-electron chi connectivity index (χ1n) is 15.4. The number of carbonyl (C=O) groups excluding carboxylic acids is 2. The van der Waals surface area contributed by atoms with Crippen LogP contribution in [0.15, 0.2) is 48.8 Å². The average molecular weight is 694 g/mol. The average Bonchev–Trinajstić information content (AvgIpc) is 3.02. The van der Waals surface area contributed by atoms with Gasteiger partial charge in [-0.1, -0.05) is 6.07 Å². The van der Waals surface area contributed by atoms with Crippen molar-refractivity contribution >= 4 is 33.7 Å². The number of halogens is 5. The Labute approximate surface area is 279 Å². The summed E-state index contributed by atoms with van der Waals surface area (Å²) in [7, 11) is 0. The fraction of sp³-hybridized carbons (Fsp3) is 0.412. The molecule has 0 fully saturated rings. The van der Waals surface area contributed by atoms with Crippen molar-refractivity contribution < 1.29 is 55.2 Å². The minimum absolute atomic E-state index is 0.0912. The Morgan fingerprint density at radius 2 is 1.63 bits per heavy atom. The molecule has 10 nitrogen and oxygen atoms in total. The van der Waals surface area contributed by atoms with E-state index in [1.165, 1.54) is 4.90 Å². The fourth-order valence-corrected chi connectivity index (χ4v) is 4.77. The number of alkyl halides is 3. The van der Waals surface area contributed by atoms with E-state index >= 15 is 0 Å². The smallest absolute Gasteiger partial charge is 0.475 e. The predicted molar refractivity (Wildman–Crippen MR) is 168 cm³/mol. The molecule has 0 bridgehead atoms. The summed E-state index contributed by atoms with van der Waals surface area (Å²) in [6.07, 6.45) is -1.84. The largest absolute Gasteiger partial charge is 0.573 e. The number of aromatic nitrogens is 2. The molecule has 2 aromatic carbocycles. The van der Waals surface area contributed by atoms with Gasteiger partial charge in [0.25, 0.3) is 0 Å². The Balaban J connectivity index is 1.32. The van der Waals surface area contributed by atoms with Crippen molar-refractivity contribution in [2.24, 2.45) is 0 Å². The molecular weight excluding hydrogens is 657 g/mol. The van der Waals surface area contributed by atoms with Gasteiger partial charge in [-0.3, -0.25) is 4.98 Å². The first kappa shape index (κ1) is 37.0. The van der Waals surface area contributed by atoms with Crippen LogP contribution in [0.3, 0.4) is 0 Å². The van der Waals surface area contributed by atoms with E-state index in [2.05, 4.69) is 14.7 Å². The fourth-order valence-electron chi connectivity index (χ4n) is 4.77. The van der Waals surface area contributed by atoms with Gasteiger partial charge in [-0.25, -0.2) is 23.4 Å². The molecule has 0 radical (unpaired) electrons. The Morgan fingerprint density at radius 3 is 2.31 bits per heavy atom. The number of nitrogens with zero attached hydrogens (tertiary/aromatic N) is 3. The zero-order valence-corrected chi connectivity index (χ0v) is 27.4. The predicted octanol–water partition coefficient (Wildman–Crippen LogP) is 7.75. The highest BCUT2D eigenvalue weighted by atomic mass is 19.4. The van der Waals surface area contributed by atoms with Crippen LogP contribution >= 0.6 is 0 Å². The summed E-state index contributed by atoms with van der Waals surface area (Å²) in [5.74, 6) is -4.81. The molecule has 264 valence electrons. The van der Waals surface area contributed by atoms with E-state index in [0.717, 1.165) is 16.2 Å². The highest BCUT2D eigenvalue weighted by molar-refractivity contribution is 6.08. The summed E-state index contributed by atoms with van der Waals surface area (Å²) in [5, 5.41) is 2.32. The molecule has 0 aliphatic carbocycles. The van der Waals surface area contributed by atoms with E-state index in [9.17, 15) is 31.5 Å². The molecule has 2 heterocycles. The standard InChI is InChI=1S/C34H36F5N3O7/c1-5-46-31(43)22-8-9-23-25-19-40-11-10-24(25)30(41-28(23)18-22)47-15-14-45-13-7-6-12-42(32(44)49-33(2,3)4)20-21-16-26(35)29(27(36)17-21)48-34(37,38)39/h8-11,16-19H,5-7,12-15,20H2,1-4H3. The van der Waals surface area contributed by atoms with Crippen LogP contribution in [0, 0.1) is 11.6 Å². The third kappa shape index (κ3) is 10.6. The minimum Gasteiger partial charge on any atom is -0.475 e. The third-order valence-corrected chi connectivity index (χ3v) is 6.81. The summed E-state index contributed by atoms with van der Waals surface area (Å²) in [5.41, 5.74) is -0.0685. The van der Waals surface area contributed by atoms with Crippen LogP contribution in [0.2, 0.25) is 0 Å². The monoisotopic (exact) mass is 693 g/mol. The van der Waals surface area contributed by atoms with Gasteiger partial charge in [0, 0.05) is 48.2 Å². The highest BCUT2D eigenvalue weighted by Crippen LogP contribution is 2.32. The Kier molecular flexibility index (Phi) is 12.1. The molecule has 0 spiro atoms. The van der Waals surface area contributed by atoms with E-state index in [1.54, 1.807) is 64.4 Å². The lowest BCUT2D eigenvalue weighted by atomic mass is 10.1. The molecule has 1 amide bonds. The maximum absolute atomic E-state index is 14.3. The minimum atomic E-state index is -5.28. The second-order valence-corrected chi connectivity index (χ2v) is 11.8. The molecule has 4 rings (SSSR count). The van der Waals surface area contributed by atoms with Gasteiger partial charge in [-0.05, 0) is 76.4 Å².